The average Bonchev–Trinajstić information content (AvgIpc) is 1.88. The Balaban J connectivity index is 2.91. The highest BCUT2D eigenvalue weighted by Crippen LogP contribution is 1.94. The van der Waals surface area contributed by atoms with Crippen LogP contribution in [0.2, 0.25) is 0 Å². The van der Waals surface area contributed by atoms with E-state index >= 15 is 0 Å². The third-order valence-electron chi connectivity index (χ3n) is 0.983. The summed E-state index contributed by atoms with van der Waals surface area (Å²) in [5.41, 5.74) is -0.484. The Bertz CT molecular complexity index is 241. The van der Waals surface area contributed by atoms with Gasteiger partial charge < -0.3 is 5.11 Å². The van der Waals surface area contributed by atoms with E-state index in [9.17, 15) is 9.59 Å². The van der Waals surface area contributed by atoms with Gasteiger partial charge in [-0.3, -0.25) is 4.79 Å². The van der Waals surface area contributed by atoms with E-state index in [0.29, 0.717) is 0 Å². The lowest BCUT2D eigenvalue weighted by Gasteiger charge is -1.97. The molecule has 1 aliphatic heterocycles. The maximum Gasteiger partial charge on any atom is 0.360 e. The van der Waals surface area contributed by atoms with Crippen LogP contribution in [0.5, 0.6) is 0 Å². The molecule has 0 aromatic carbocycles. The van der Waals surface area contributed by atoms with Gasteiger partial charge in [-0.05, 0) is 0 Å². The lowest BCUT2D eigenvalue weighted by Crippen LogP contribution is -2.25. The van der Waals surface area contributed by atoms with E-state index in [4.69, 9.17) is 5.11 Å². The van der Waals surface area contributed by atoms with Crippen LogP contribution in [0.15, 0.2) is 10.2 Å². The van der Waals surface area contributed by atoms with E-state index in [1.807, 2.05) is 0 Å². The number of rotatable bonds is 1. The van der Waals surface area contributed by atoms with Gasteiger partial charge in [-0.25, -0.2) is 4.79 Å². The van der Waals surface area contributed by atoms with Crippen molar-refractivity contribution >= 4 is 23.7 Å². The molecule has 0 aromatic heterocycles. The number of carboxylic acid groups (broad SMARTS) is 1. The summed E-state index contributed by atoms with van der Waals surface area (Å²) in [5, 5.41) is 14.7. The summed E-state index contributed by atoms with van der Waals surface area (Å²) in [6.45, 7) is 0. The van der Waals surface area contributed by atoms with Gasteiger partial charge in [0.05, 0.1) is 6.42 Å². The molecule has 0 bridgehead atoms. The molecule has 0 spiro atoms. The SMILES string of the molecule is O=C(O)C1=NN=CCC1=O. The first-order valence-corrected chi connectivity index (χ1v) is 2.58. The Kier molecular flexibility index (Phi) is 1.57. The Morgan fingerprint density at radius 3 is 2.80 bits per heavy atom. The smallest absolute Gasteiger partial charge is 0.360 e. The number of Topliss-reactive ketones (excluding diaryl/α,β-unsaturated/α-hetero) is 1. The topological polar surface area (TPSA) is 79.1 Å². The molecule has 5 nitrogen and oxygen atoms in total. The summed E-state index contributed by atoms with van der Waals surface area (Å²) >= 11 is 0. The van der Waals surface area contributed by atoms with Gasteiger partial charge in [-0.15, -0.1) is 5.10 Å². The van der Waals surface area contributed by atoms with E-state index in [2.05, 4.69) is 10.2 Å². The zero-order chi connectivity index (χ0) is 7.56. The molecule has 0 saturated heterocycles. The van der Waals surface area contributed by atoms with Gasteiger partial charge in [0.1, 0.15) is 0 Å². The summed E-state index contributed by atoms with van der Waals surface area (Å²) in [6, 6.07) is 0. The maximum atomic E-state index is 10.6. The van der Waals surface area contributed by atoms with E-state index in [1.165, 1.54) is 6.21 Å². The molecule has 0 fully saturated rings. The first kappa shape index (κ1) is 6.60. The number of ketones is 1. The monoisotopic (exact) mass is 140 g/mol. The summed E-state index contributed by atoms with van der Waals surface area (Å²) in [5.74, 6) is -1.82. The third kappa shape index (κ3) is 1.07. The number of hydrogen-bond acceptors (Lipinski definition) is 4. The first-order chi connectivity index (χ1) is 4.72. The number of nitrogens with zero attached hydrogens (tertiary/aromatic N) is 2. The van der Waals surface area contributed by atoms with Gasteiger partial charge >= 0.3 is 5.97 Å². The molecule has 52 valence electrons. The average molecular weight is 140 g/mol. The largest absolute Gasteiger partial charge is 0.476 e. The zero-order valence-corrected chi connectivity index (χ0v) is 4.94. The molecular weight excluding hydrogens is 136 g/mol. The van der Waals surface area contributed by atoms with Crippen LogP contribution < -0.4 is 0 Å². The summed E-state index contributed by atoms with van der Waals surface area (Å²) in [7, 11) is 0. The van der Waals surface area contributed by atoms with Gasteiger partial charge in [0.25, 0.3) is 0 Å². The van der Waals surface area contributed by atoms with Crippen LogP contribution in [0, 0.1) is 0 Å². The predicted octanol–water partition coefficient (Wildman–Crippen LogP) is -0.529. The van der Waals surface area contributed by atoms with Crippen molar-refractivity contribution in [1.82, 2.24) is 0 Å². The normalized spacial score (nSPS) is 16.8. The van der Waals surface area contributed by atoms with Gasteiger partial charge in [0, 0.05) is 6.21 Å². The highest BCUT2D eigenvalue weighted by atomic mass is 16.4. The number of aliphatic carboxylic acids is 1. The first-order valence-electron chi connectivity index (χ1n) is 2.58. The molecule has 1 rings (SSSR count). The van der Waals surface area contributed by atoms with E-state index in [-0.39, 0.29) is 6.42 Å². The fourth-order valence-electron chi connectivity index (χ4n) is 0.537. The zero-order valence-electron chi connectivity index (χ0n) is 4.94. The van der Waals surface area contributed by atoms with Gasteiger partial charge in [0.15, 0.2) is 5.78 Å². The lowest BCUT2D eigenvalue weighted by atomic mass is 10.2. The second kappa shape index (κ2) is 2.38. The molecule has 1 N–H and O–H groups in total. The molecule has 0 amide bonds. The Morgan fingerprint density at radius 1 is 1.70 bits per heavy atom. The molecular formula is C5H4N2O3. The van der Waals surface area contributed by atoms with Crippen LogP contribution in [-0.2, 0) is 9.59 Å². The second-order valence-electron chi connectivity index (χ2n) is 1.68. The van der Waals surface area contributed by atoms with Crippen molar-refractivity contribution in [3.8, 4) is 0 Å². The van der Waals surface area contributed by atoms with E-state index in [1.54, 1.807) is 0 Å². The van der Waals surface area contributed by atoms with Gasteiger partial charge in [-0.1, -0.05) is 0 Å². The molecule has 0 aromatic rings. The number of carboxylic acids is 1. The third-order valence-corrected chi connectivity index (χ3v) is 0.983. The minimum absolute atomic E-state index is 0.0329. The van der Waals surface area contributed by atoms with Crippen LogP contribution in [-0.4, -0.2) is 28.8 Å². The minimum atomic E-state index is -1.32. The Labute approximate surface area is 56.1 Å². The van der Waals surface area contributed by atoms with Crippen LogP contribution in [0.25, 0.3) is 0 Å². The molecule has 0 unspecified atom stereocenters. The van der Waals surface area contributed by atoms with E-state index < -0.39 is 17.5 Å². The Hall–Kier alpha value is -1.52. The second-order valence-corrected chi connectivity index (χ2v) is 1.68. The van der Waals surface area contributed by atoms with Crippen molar-refractivity contribution in [2.24, 2.45) is 10.2 Å². The van der Waals surface area contributed by atoms with Crippen LogP contribution in [0.3, 0.4) is 0 Å². The molecule has 0 radical (unpaired) electrons. The molecule has 0 aliphatic carbocycles. The minimum Gasteiger partial charge on any atom is -0.476 e. The summed E-state index contributed by atoms with van der Waals surface area (Å²) in [6.07, 6.45) is 1.31. The quantitative estimate of drug-likeness (QED) is 0.531. The molecule has 1 aliphatic rings. The fraction of sp³-hybridized carbons (Fsp3) is 0.200. The van der Waals surface area contributed by atoms with Crippen molar-refractivity contribution in [1.29, 1.82) is 0 Å². The van der Waals surface area contributed by atoms with Crippen molar-refractivity contribution in [3.63, 3.8) is 0 Å². The van der Waals surface area contributed by atoms with Crippen molar-refractivity contribution in [2.45, 2.75) is 6.42 Å². The van der Waals surface area contributed by atoms with Crippen LogP contribution >= 0.6 is 0 Å². The highest BCUT2D eigenvalue weighted by molar-refractivity contribution is 6.65. The number of hydrogen-bond donors (Lipinski definition) is 1. The maximum absolute atomic E-state index is 10.6. The van der Waals surface area contributed by atoms with Gasteiger partial charge in [-0.2, -0.15) is 5.10 Å². The standard InChI is InChI=1S/C5H4N2O3/c8-3-1-2-6-7-4(3)5(9)10/h2H,1H2,(H,9,10). The molecule has 10 heavy (non-hydrogen) atoms. The summed E-state index contributed by atoms with van der Waals surface area (Å²) in [4.78, 5) is 20.8. The molecule has 5 heteroatoms. The van der Waals surface area contributed by atoms with Gasteiger partial charge in [0.2, 0.25) is 5.71 Å². The van der Waals surface area contributed by atoms with E-state index in [0.717, 1.165) is 0 Å². The van der Waals surface area contributed by atoms with Crippen molar-refractivity contribution < 1.29 is 14.7 Å². The molecule has 0 saturated carbocycles. The van der Waals surface area contributed by atoms with Crippen LogP contribution in [0.4, 0.5) is 0 Å². The highest BCUT2D eigenvalue weighted by Gasteiger charge is 2.20. The number of carbonyl (C=O) groups excluding carboxylic acids is 1. The Morgan fingerprint density at radius 2 is 2.40 bits per heavy atom. The lowest BCUT2D eigenvalue weighted by molar-refractivity contribution is -0.130. The predicted molar refractivity (Wildman–Crippen MR) is 33.2 cm³/mol. The molecule has 1 heterocycles. The fourth-order valence-corrected chi connectivity index (χ4v) is 0.537. The summed E-state index contributed by atoms with van der Waals surface area (Å²) < 4.78 is 0. The number of carbonyl (C=O) groups is 2. The van der Waals surface area contributed by atoms with Crippen molar-refractivity contribution in [3.05, 3.63) is 0 Å². The van der Waals surface area contributed by atoms with Crippen molar-refractivity contribution in [2.75, 3.05) is 0 Å². The molecule has 0 atom stereocenters. The van der Waals surface area contributed by atoms with Crippen LogP contribution in [0.1, 0.15) is 6.42 Å².